The summed E-state index contributed by atoms with van der Waals surface area (Å²) in [7, 11) is 0. The maximum absolute atomic E-state index is 13.5. The zero-order valence-electron chi connectivity index (χ0n) is 6.81. The first-order valence-electron chi connectivity index (χ1n) is 3.88. The number of hydrogen-bond donors (Lipinski definition) is 1. The molecule has 4 heteroatoms. The number of nitrogens with one attached hydrogen (secondary N) is 1. The minimum Gasteiger partial charge on any atom is -0.261 e. The summed E-state index contributed by atoms with van der Waals surface area (Å²) in [4.78, 5) is 0. The molecule has 0 bridgehead atoms. The van der Waals surface area contributed by atoms with Gasteiger partial charge in [0.05, 0.1) is 11.9 Å². The molecule has 66 valence electrons. The van der Waals surface area contributed by atoms with Crippen LogP contribution >= 0.6 is 0 Å². The van der Waals surface area contributed by atoms with Crippen LogP contribution in [-0.2, 0) is 0 Å². The van der Waals surface area contributed by atoms with Crippen LogP contribution in [0.4, 0.5) is 16.0 Å². The Morgan fingerprint density at radius 1 is 1.15 bits per heavy atom. The first-order valence-corrected chi connectivity index (χ1v) is 3.88. The topological polar surface area (TPSA) is 31.9 Å². The number of H-pyrrole nitrogens is 1. The zero-order valence-corrected chi connectivity index (χ0v) is 6.81. The maximum atomic E-state index is 13.5. The molecule has 0 saturated heterocycles. The Labute approximate surface area is 74.7 Å². The van der Waals surface area contributed by atoms with Gasteiger partial charge in [-0.15, -0.1) is 0 Å². The van der Waals surface area contributed by atoms with E-state index in [1.165, 1.54) is 6.20 Å². The minimum absolute atomic E-state index is 0.325. The van der Waals surface area contributed by atoms with E-state index < -0.39 is 0 Å². The summed E-state index contributed by atoms with van der Waals surface area (Å²) >= 11 is 0. The lowest BCUT2D eigenvalue weighted by Crippen LogP contribution is -2.03. The largest absolute Gasteiger partial charge is 0.261 e. The summed E-state index contributed by atoms with van der Waals surface area (Å²) in [6, 6.07) is 10.3. The van der Waals surface area contributed by atoms with Gasteiger partial charge in [-0.1, -0.05) is 22.7 Å². The molecule has 2 aromatic rings. The maximum Gasteiger partial charge on any atom is 0.159 e. The molecule has 0 spiro atoms. The smallest absolute Gasteiger partial charge is 0.159 e. The molecule has 1 N–H and O–H groups in total. The van der Waals surface area contributed by atoms with E-state index in [0.717, 1.165) is 0 Å². The van der Waals surface area contributed by atoms with Crippen molar-refractivity contribution in [2.45, 2.75) is 0 Å². The molecule has 1 aromatic heterocycles. The van der Waals surface area contributed by atoms with Crippen LogP contribution in [0.1, 0.15) is 0 Å². The predicted molar refractivity (Wildman–Crippen MR) is 48.3 cm³/mol. The van der Waals surface area contributed by atoms with Crippen LogP contribution in [0.25, 0.3) is 0 Å². The molecular formula is C9H8FN3. The highest BCUT2D eigenvalue weighted by molar-refractivity contribution is 5.55. The van der Waals surface area contributed by atoms with Gasteiger partial charge in [-0.05, 0) is 12.1 Å². The number of aromatic nitrogens is 2. The Morgan fingerprint density at radius 3 is 2.54 bits per heavy atom. The van der Waals surface area contributed by atoms with Gasteiger partial charge < -0.3 is 0 Å². The number of rotatable bonds is 2. The molecule has 0 unspecified atom stereocenters. The van der Waals surface area contributed by atoms with Crippen LogP contribution in [0, 0.1) is 0 Å². The number of halogens is 1. The second-order valence-electron chi connectivity index (χ2n) is 2.56. The van der Waals surface area contributed by atoms with Crippen molar-refractivity contribution in [1.82, 2.24) is 10.2 Å². The number of aromatic amines is 1. The lowest BCUT2D eigenvalue weighted by atomic mass is 10.3. The van der Waals surface area contributed by atoms with Crippen molar-refractivity contribution in [1.29, 1.82) is 0 Å². The molecule has 2 rings (SSSR count). The minimum atomic E-state index is 0.325. The van der Waals surface area contributed by atoms with Crippen LogP contribution in [0.2, 0.25) is 0 Å². The third kappa shape index (κ3) is 1.51. The van der Waals surface area contributed by atoms with E-state index in [2.05, 4.69) is 10.2 Å². The number of nitrogens with zero attached hydrogens (tertiary/aromatic N) is 2. The molecule has 0 amide bonds. The van der Waals surface area contributed by atoms with Crippen molar-refractivity contribution in [3.63, 3.8) is 0 Å². The van der Waals surface area contributed by atoms with E-state index in [4.69, 9.17) is 0 Å². The van der Waals surface area contributed by atoms with Crippen LogP contribution in [-0.4, -0.2) is 10.2 Å². The average molecular weight is 177 g/mol. The van der Waals surface area contributed by atoms with E-state index in [0.29, 0.717) is 16.6 Å². The monoisotopic (exact) mass is 177 g/mol. The lowest BCUT2D eigenvalue weighted by molar-refractivity contribution is 0.499. The van der Waals surface area contributed by atoms with E-state index in [9.17, 15) is 4.48 Å². The van der Waals surface area contributed by atoms with Gasteiger partial charge in [0, 0.05) is 6.07 Å². The van der Waals surface area contributed by atoms with Gasteiger partial charge in [0.15, 0.2) is 5.82 Å². The molecule has 0 radical (unpaired) electrons. The van der Waals surface area contributed by atoms with Crippen molar-refractivity contribution in [2.75, 3.05) is 5.12 Å². The van der Waals surface area contributed by atoms with Gasteiger partial charge in [0.25, 0.3) is 0 Å². The van der Waals surface area contributed by atoms with Crippen molar-refractivity contribution >= 4 is 11.5 Å². The summed E-state index contributed by atoms with van der Waals surface area (Å²) in [5.41, 5.74) is 0.478. The van der Waals surface area contributed by atoms with Gasteiger partial charge in [0.1, 0.15) is 0 Å². The van der Waals surface area contributed by atoms with Crippen molar-refractivity contribution in [3.05, 3.63) is 42.6 Å². The van der Waals surface area contributed by atoms with Gasteiger partial charge >= 0.3 is 0 Å². The molecule has 0 aliphatic rings. The number of hydrogen-bond acceptors (Lipinski definition) is 2. The first kappa shape index (κ1) is 7.79. The fourth-order valence-electron chi connectivity index (χ4n) is 1.06. The highest BCUT2D eigenvalue weighted by Crippen LogP contribution is 2.22. The van der Waals surface area contributed by atoms with Gasteiger partial charge in [-0.3, -0.25) is 5.10 Å². The van der Waals surface area contributed by atoms with Crippen molar-refractivity contribution in [3.8, 4) is 0 Å². The van der Waals surface area contributed by atoms with Crippen LogP contribution in [0.5, 0.6) is 0 Å². The molecule has 1 heterocycles. The average Bonchev–Trinajstić information content (AvgIpc) is 2.71. The molecule has 13 heavy (non-hydrogen) atoms. The molecule has 0 aliphatic heterocycles. The van der Waals surface area contributed by atoms with Crippen molar-refractivity contribution < 1.29 is 4.48 Å². The fourth-order valence-corrected chi connectivity index (χ4v) is 1.06. The van der Waals surface area contributed by atoms with Gasteiger partial charge in [-0.2, -0.15) is 10.2 Å². The van der Waals surface area contributed by atoms with Crippen LogP contribution in [0.3, 0.4) is 0 Å². The molecule has 0 aliphatic carbocycles. The summed E-state index contributed by atoms with van der Waals surface area (Å²) in [6.45, 7) is 0. The van der Waals surface area contributed by atoms with E-state index in [-0.39, 0.29) is 0 Å². The Bertz CT molecular complexity index is 358. The van der Waals surface area contributed by atoms with Gasteiger partial charge in [-0.25, -0.2) is 0 Å². The number of benzene rings is 1. The Kier molecular flexibility index (Phi) is 1.96. The number of anilines is 2. The first-order chi connectivity index (χ1) is 6.38. The molecule has 0 saturated carbocycles. The Morgan fingerprint density at radius 2 is 1.92 bits per heavy atom. The normalized spacial score (nSPS) is 9.92. The van der Waals surface area contributed by atoms with Crippen LogP contribution in [0.15, 0.2) is 42.6 Å². The Balaban J connectivity index is 2.29. The lowest BCUT2D eigenvalue weighted by Gasteiger charge is -2.09. The van der Waals surface area contributed by atoms with E-state index in [1.807, 2.05) is 6.07 Å². The summed E-state index contributed by atoms with van der Waals surface area (Å²) in [5, 5.41) is 6.75. The fraction of sp³-hybridized carbons (Fsp3) is 0. The third-order valence-electron chi connectivity index (χ3n) is 1.68. The molecule has 0 fully saturated rings. The van der Waals surface area contributed by atoms with Gasteiger partial charge in [0.2, 0.25) is 0 Å². The molecule has 0 atom stereocenters. The molecule has 1 aromatic carbocycles. The van der Waals surface area contributed by atoms with Crippen LogP contribution < -0.4 is 5.12 Å². The highest BCUT2D eigenvalue weighted by Gasteiger charge is 2.07. The quantitative estimate of drug-likeness (QED) is 0.714. The zero-order chi connectivity index (χ0) is 9.10. The SMILES string of the molecule is FN(c1ccccc1)c1ccn[nH]1. The second-order valence-corrected chi connectivity index (χ2v) is 2.56. The highest BCUT2D eigenvalue weighted by atomic mass is 19.2. The third-order valence-corrected chi connectivity index (χ3v) is 1.68. The second kappa shape index (κ2) is 3.26. The van der Waals surface area contributed by atoms with E-state index in [1.54, 1.807) is 30.3 Å². The van der Waals surface area contributed by atoms with Crippen molar-refractivity contribution in [2.24, 2.45) is 0 Å². The Hall–Kier alpha value is -1.84. The summed E-state index contributed by atoms with van der Waals surface area (Å²) in [6.07, 6.45) is 1.50. The molecular weight excluding hydrogens is 169 g/mol. The standard InChI is InChI=1S/C9H8FN3/c10-13(9-6-7-11-12-9)8-4-2-1-3-5-8/h1-7H,(H,11,12). The number of para-hydroxylation sites is 1. The molecule has 3 nitrogen and oxygen atoms in total. The predicted octanol–water partition coefficient (Wildman–Crippen LogP) is 2.43. The van der Waals surface area contributed by atoms with E-state index >= 15 is 0 Å². The summed E-state index contributed by atoms with van der Waals surface area (Å²) < 4.78 is 13.5. The summed E-state index contributed by atoms with van der Waals surface area (Å²) in [5.74, 6) is 0.325.